The first kappa shape index (κ1) is 12.9. The Morgan fingerprint density at radius 2 is 2.33 bits per heavy atom. The number of anilines is 1. The van der Waals surface area contributed by atoms with Crippen LogP contribution in [0.25, 0.3) is 0 Å². The number of nitrogens with one attached hydrogen (secondary N) is 1. The molecule has 18 heavy (non-hydrogen) atoms. The maximum Gasteiger partial charge on any atom is 0.164 e. The van der Waals surface area contributed by atoms with Crippen LogP contribution in [0.15, 0.2) is 18.2 Å². The standard InChI is InChI=1S/C14H20N2O2/c1-10-9-16(3)12-8-11(4-5-14(12)18-10)13(17)6-7-15-2/h4-5,8,10,15H,6-7,9H2,1-3H3. The average molecular weight is 248 g/mol. The van der Waals surface area contributed by atoms with Gasteiger partial charge < -0.3 is 15.0 Å². The Morgan fingerprint density at radius 1 is 1.56 bits per heavy atom. The maximum atomic E-state index is 12.0. The Kier molecular flexibility index (Phi) is 3.87. The first-order chi connectivity index (χ1) is 8.61. The minimum atomic E-state index is 0.166. The van der Waals surface area contributed by atoms with Crippen molar-refractivity contribution in [1.29, 1.82) is 0 Å². The number of carbonyl (C=O) groups excluding carboxylic acids is 1. The van der Waals surface area contributed by atoms with Gasteiger partial charge in [0.1, 0.15) is 11.9 Å². The number of carbonyl (C=O) groups is 1. The minimum absolute atomic E-state index is 0.166. The van der Waals surface area contributed by atoms with Crippen LogP contribution in [0.2, 0.25) is 0 Å². The molecular weight excluding hydrogens is 228 g/mol. The second-order valence-electron chi connectivity index (χ2n) is 4.77. The van der Waals surface area contributed by atoms with Gasteiger partial charge in [-0.05, 0) is 32.2 Å². The van der Waals surface area contributed by atoms with Crippen molar-refractivity contribution in [1.82, 2.24) is 5.32 Å². The van der Waals surface area contributed by atoms with E-state index in [9.17, 15) is 4.79 Å². The lowest BCUT2D eigenvalue weighted by Crippen LogP contribution is -2.35. The lowest BCUT2D eigenvalue weighted by Gasteiger charge is -2.32. The molecule has 1 N–H and O–H groups in total. The van der Waals surface area contributed by atoms with Gasteiger partial charge in [0.2, 0.25) is 0 Å². The van der Waals surface area contributed by atoms with E-state index in [4.69, 9.17) is 4.74 Å². The monoisotopic (exact) mass is 248 g/mol. The van der Waals surface area contributed by atoms with Gasteiger partial charge >= 0.3 is 0 Å². The van der Waals surface area contributed by atoms with Gasteiger partial charge in [-0.1, -0.05) is 0 Å². The predicted molar refractivity (Wildman–Crippen MR) is 72.7 cm³/mol. The second kappa shape index (κ2) is 5.40. The molecule has 1 heterocycles. The maximum absolute atomic E-state index is 12.0. The Morgan fingerprint density at radius 3 is 3.06 bits per heavy atom. The fourth-order valence-electron chi connectivity index (χ4n) is 2.21. The number of hydrogen-bond acceptors (Lipinski definition) is 4. The number of fused-ring (bicyclic) bond motifs is 1. The van der Waals surface area contributed by atoms with Gasteiger partial charge in [0.05, 0.1) is 12.2 Å². The van der Waals surface area contributed by atoms with Crippen LogP contribution in [0.4, 0.5) is 5.69 Å². The predicted octanol–water partition coefficient (Wildman–Crippen LogP) is 1.70. The van der Waals surface area contributed by atoms with E-state index in [-0.39, 0.29) is 11.9 Å². The number of nitrogens with zero attached hydrogens (tertiary/aromatic N) is 1. The van der Waals surface area contributed by atoms with E-state index in [1.165, 1.54) is 0 Å². The highest BCUT2D eigenvalue weighted by Gasteiger charge is 2.21. The normalized spacial score (nSPS) is 18.2. The van der Waals surface area contributed by atoms with E-state index in [1.54, 1.807) is 0 Å². The molecule has 0 saturated carbocycles. The van der Waals surface area contributed by atoms with E-state index in [0.29, 0.717) is 13.0 Å². The highest BCUT2D eigenvalue weighted by Crippen LogP contribution is 2.33. The number of ketones is 1. The van der Waals surface area contributed by atoms with E-state index in [1.807, 2.05) is 39.2 Å². The third-order valence-electron chi connectivity index (χ3n) is 3.15. The number of Topliss-reactive ketones (excluding diaryl/α,β-unsaturated/α-hetero) is 1. The van der Waals surface area contributed by atoms with Crippen LogP contribution >= 0.6 is 0 Å². The van der Waals surface area contributed by atoms with Crippen LogP contribution in [0.1, 0.15) is 23.7 Å². The van der Waals surface area contributed by atoms with Crippen LogP contribution in [0.5, 0.6) is 5.75 Å². The highest BCUT2D eigenvalue weighted by atomic mass is 16.5. The molecule has 0 spiro atoms. The lowest BCUT2D eigenvalue weighted by atomic mass is 10.1. The molecule has 0 bridgehead atoms. The summed E-state index contributed by atoms with van der Waals surface area (Å²) in [6.07, 6.45) is 0.712. The Bertz CT molecular complexity index is 445. The molecule has 2 rings (SSSR count). The smallest absolute Gasteiger partial charge is 0.164 e. The first-order valence-electron chi connectivity index (χ1n) is 6.31. The number of rotatable bonds is 4. The summed E-state index contributed by atoms with van der Waals surface area (Å²) in [6.45, 7) is 3.60. The van der Waals surface area contributed by atoms with Gasteiger partial charge in [0.25, 0.3) is 0 Å². The van der Waals surface area contributed by atoms with Crippen molar-refractivity contribution in [2.45, 2.75) is 19.4 Å². The summed E-state index contributed by atoms with van der Waals surface area (Å²) in [5, 5.41) is 2.99. The zero-order chi connectivity index (χ0) is 13.1. The molecule has 1 aromatic rings. The summed E-state index contributed by atoms with van der Waals surface area (Å²) >= 11 is 0. The SMILES string of the molecule is CNCCC(=O)c1ccc2c(c1)N(C)CC(C)O2. The summed E-state index contributed by atoms with van der Waals surface area (Å²) in [7, 11) is 3.88. The Hall–Kier alpha value is -1.55. The molecule has 1 atom stereocenters. The topological polar surface area (TPSA) is 41.6 Å². The molecule has 98 valence electrons. The van der Waals surface area contributed by atoms with Crippen molar-refractivity contribution in [3.8, 4) is 5.75 Å². The summed E-state index contributed by atoms with van der Waals surface area (Å²) in [5.41, 5.74) is 1.76. The molecule has 0 aromatic heterocycles. The first-order valence-corrected chi connectivity index (χ1v) is 6.31. The van der Waals surface area contributed by atoms with Crippen molar-refractivity contribution in [3.63, 3.8) is 0 Å². The van der Waals surface area contributed by atoms with Crippen molar-refractivity contribution >= 4 is 11.5 Å². The number of likely N-dealkylation sites (N-methyl/N-ethyl adjacent to an activating group) is 1. The van der Waals surface area contributed by atoms with Crippen LogP contribution < -0.4 is 15.0 Å². The van der Waals surface area contributed by atoms with E-state index >= 15 is 0 Å². The van der Waals surface area contributed by atoms with Gasteiger partial charge in [-0.15, -0.1) is 0 Å². The largest absolute Gasteiger partial charge is 0.487 e. The Labute approximate surface area is 108 Å². The molecule has 0 radical (unpaired) electrons. The van der Waals surface area contributed by atoms with Crippen LogP contribution in [-0.2, 0) is 0 Å². The minimum Gasteiger partial charge on any atom is -0.487 e. The zero-order valence-electron chi connectivity index (χ0n) is 11.2. The van der Waals surface area contributed by atoms with Crippen LogP contribution in [0, 0.1) is 0 Å². The summed E-state index contributed by atoms with van der Waals surface area (Å²) in [4.78, 5) is 14.1. The number of ether oxygens (including phenoxy) is 1. The lowest BCUT2D eigenvalue weighted by molar-refractivity contribution is 0.0983. The van der Waals surface area contributed by atoms with E-state index < -0.39 is 0 Å². The quantitative estimate of drug-likeness (QED) is 0.823. The van der Waals surface area contributed by atoms with Crippen LogP contribution in [0.3, 0.4) is 0 Å². The third kappa shape index (κ3) is 2.64. The molecule has 0 aliphatic carbocycles. The van der Waals surface area contributed by atoms with Gasteiger partial charge in [-0.25, -0.2) is 0 Å². The molecule has 1 aromatic carbocycles. The summed E-state index contributed by atoms with van der Waals surface area (Å²) in [5.74, 6) is 1.03. The van der Waals surface area contributed by atoms with Crippen molar-refractivity contribution in [2.75, 3.05) is 32.1 Å². The molecule has 0 amide bonds. The molecular formula is C14H20N2O2. The zero-order valence-corrected chi connectivity index (χ0v) is 11.2. The summed E-state index contributed by atoms with van der Waals surface area (Å²) in [6, 6.07) is 5.68. The fourth-order valence-corrected chi connectivity index (χ4v) is 2.21. The molecule has 4 nitrogen and oxygen atoms in total. The Balaban J connectivity index is 2.21. The summed E-state index contributed by atoms with van der Waals surface area (Å²) < 4.78 is 5.75. The third-order valence-corrected chi connectivity index (χ3v) is 3.15. The highest BCUT2D eigenvalue weighted by molar-refractivity contribution is 5.97. The molecule has 1 unspecified atom stereocenters. The molecule has 1 aliphatic rings. The molecule has 1 aliphatic heterocycles. The second-order valence-corrected chi connectivity index (χ2v) is 4.77. The molecule has 0 saturated heterocycles. The molecule has 0 fully saturated rings. The van der Waals surface area contributed by atoms with Crippen molar-refractivity contribution in [2.24, 2.45) is 0 Å². The van der Waals surface area contributed by atoms with Gasteiger partial charge in [-0.3, -0.25) is 4.79 Å². The number of hydrogen-bond donors (Lipinski definition) is 1. The van der Waals surface area contributed by atoms with Gasteiger partial charge in [0.15, 0.2) is 5.78 Å². The van der Waals surface area contributed by atoms with Crippen molar-refractivity contribution in [3.05, 3.63) is 23.8 Å². The van der Waals surface area contributed by atoms with Gasteiger partial charge in [-0.2, -0.15) is 0 Å². The van der Waals surface area contributed by atoms with E-state index in [2.05, 4.69) is 10.2 Å². The number of benzene rings is 1. The fraction of sp³-hybridized carbons (Fsp3) is 0.500. The van der Waals surface area contributed by atoms with Gasteiger partial charge in [0, 0.05) is 25.6 Å². The van der Waals surface area contributed by atoms with Crippen LogP contribution in [-0.4, -0.2) is 39.1 Å². The molecule has 4 heteroatoms. The average Bonchev–Trinajstić information content (AvgIpc) is 2.35. The van der Waals surface area contributed by atoms with Crippen molar-refractivity contribution < 1.29 is 9.53 Å². The van der Waals surface area contributed by atoms with E-state index in [0.717, 1.165) is 23.5 Å².